The van der Waals surface area contributed by atoms with Gasteiger partial charge in [0.25, 0.3) is 0 Å². The van der Waals surface area contributed by atoms with Crippen LogP contribution < -0.4 is 5.32 Å². The number of aromatic nitrogens is 1. The van der Waals surface area contributed by atoms with Crippen molar-refractivity contribution in [3.63, 3.8) is 0 Å². The van der Waals surface area contributed by atoms with Crippen LogP contribution >= 0.6 is 11.3 Å². The normalized spacial score (nSPS) is 14.9. The number of amides is 1. The summed E-state index contributed by atoms with van der Waals surface area (Å²) >= 11 is 0.890. The molecule has 1 N–H and O–H groups in total. The Morgan fingerprint density at radius 1 is 1.50 bits per heavy atom. The summed E-state index contributed by atoms with van der Waals surface area (Å²) in [6.07, 6.45) is -4.65. The Morgan fingerprint density at radius 3 is 2.60 bits per heavy atom. The van der Waals surface area contributed by atoms with Crippen LogP contribution in [0.2, 0.25) is 0 Å². The zero-order valence-electron chi connectivity index (χ0n) is 11.5. The van der Waals surface area contributed by atoms with E-state index in [0.717, 1.165) is 16.7 Å². The van der Waals surface area contributed by atoms with Gasteiger partial charge in [0.1, 0.15) is 11.1 Å². The minimum absolute atomic E-state index is 0.247. The van der Waals surface area contributed by atoms with Crippen molar-refractivity contribution in [2.45, 2.75) is 45.5 Å². The molecule has 20 heavy (non-hydrogen) atoms. The molecule has 0 unspecified atom stereocenters. The number of nitrogens with zero attached hydrogens (tertiary/aromatic N) is 1. The fourth-order valence-corrected chi connectivity index (χ4v) is 2.49. The van der Waals surface area contributed by atoms with Gasteiger partial charge in [-0.15, -0.1) is 11.3 Å². The summed E-state index contributed by atoms with van der Waals surface area (Å²) < 4.78 is 42.6. The average Bonchev–Trinajstić information content (AvgIpc) is 2.85. The Kier molecular flexibility index (Phi) is 5.94. The van der Waals surface area contributed by atoms with Crippen molar-refractivity contribution >= 4 is 17.2 Å². The monoisotopic (exact) mass is 310 g/mol. The van der Waals surface area contributed by atoms with Crippen LogP contribution in [0.5, 0.6) is 0 Å². The van der Waals surface area contributed by atoms with E-state index in [1.165, 1.54) is 0 Å². The predicted octanol–water partition coefficient (Wildman–Crippen LogP) is 3.15. The molecular formula is C12H17F3N2O2S. The van der Waals surface area contributed by atoms with E-state index in [1.54, 1.807) is 20.8 Å². The first-order chi connectivity index (χ1) is 9.29. The summed E-state index contributed by atoms with van der Waals surface area (Å²) in [5.74, 6) is -0.359. The molecule has 0 aromatic carbocycles. The smallest absolute Gasteiger partial charge is 0.369 e. The van der Waals surface area contributed by atoms with Gasteiger partial charge in [0.2, 0.25) is 5.91 Å². The molecule has 0 saturated heterocycles. The lowest BCUT2D eigenvalue weighted by molar-refractivity contribution is -0.140. The van der Waals surface area contributed by atoms with Crippen molar-refractivity contribution in [2.75, 3.05) is 6.61 Å². The van der Waals surface area contributed by atoms with Crippen LogP contribution in [0.15, 0.2) is 5.38 Å². The zero-order valence-corrected chi connectivity index (χ0v) is 12.3. The average molecular weight is 310 g/mol. The molecule has 4 nitrogen and oxygen atoms in total. The number of carbonyl (C=O) groups excluding carboxylic acids is 1. The van der Waals surface area contributed by atoms with Gasteiger partial charge in [-0.2, -0.15) is 13.2 Å². The Balaban J connectivity index is 2.76. The Bertz CT molecular complexity index is 448. The largest absolute Gasteiger partial charge is 0.434 e. The maximum Gasteiger partial charge on any atom is 0.434 e. The van der Waals surface area contributed by atoms with Gasteiger partial charge in [-0.1, -0.05) is 6.92 Å². The first-order valence-electron chi connectivity index (χ1n) is 6.24. The summed E-state index contributed by atoms with van der Waals surface area (Å²) in [6.45, 7) is 5.51. The molecule has 0 bridgehead atoms. The van der Waals surface area contributed by atoms with Gasteiger partial charge in [-0.05, 0) is 20.3 Å². The van der Waals surface area contributed by atoms with Gasteiger partial charge in [0.15, 0.2) is 5.69 Å². The number of alkyl halides is 3. The van der Waals surface area contributed by atoms with Crippen LogP contribution in [0.1, 0.15) is 43.9 Å². The number of halogens is 3. The molecule has 0 aliphatic rings. The highest BCUT2D eigenvalue weighted by atomic mass is 32.1. The molecule has 1 amide bonds. The summed E-state index contributed by atoms with van der Waals surface area (Å²) in [4.78, 5) is 15.3. The first-order valence-corrected chi connectivity index (χ1v) is 7.12. The van der Waals surface area contributed by atoms with E-state index in [9.17, 15) is 18.0 Å². The fraction of sp³-hybridized carbons (Fsp3) is 0.667. The van der Waals surface area contributed by atoms with Crippen LogP contribution in [0, 0.1) is 0 Å². The van der Waals surface area contributed by atoms with Crippen molar-refractivity contribution in [1.29, 1.82) is 0 Å². The van der Waals surface area contributed by atoms with Crippen LogP contribution in [0.3, 0.4) is 0 Å². The van der Waals surface area contributed by atoms with E-state index < -0.39 is 24.0 Å². The van der Waals surface area contributed by atoms with Crippen LogP contribution in [-0.4, -0.2) is 23.6 Å². The highest BCUT2D eigenvalue weighted by Crippen LogP contribution is 2.32. The maximum atomic E-state index is 12.5. The van der Waals surface area contributed by atoms with Gasteiger partial charge < -0.3 is 10.1 Å². The predicted molar refractivity (Wildman–Crippen MR) is 69.4 cm³/mol. The first kappa shape index (κ1) is 16.9. The minimum Gasteiger partial charge on any atom is -0.369 e. The molecular weight excluding hydrogens is 293 g/mol. The number of hydrogen-bond acceptors (Lipinski definition) is 4. The Hall–Kier alpha value is -1.15. The highest BCUT2D eigenvalue weighted by molar-refractivity contribution is 7.09. The molecule has 0 spiro atoms. The van der Waals surface area contributed by atoms with E-state index in [4.69, 9.17) is 4.74 Å². The third kappa shape index (κ3) is 4.45. The van der Waals surface area contributed by atoms with Gasteiger partial charge in [0.05, 0.1) is 6.04 Å². The second-order valence-electron chi connectivity index (χ2n) is 4.14. The quantitative estimate of drug-likeness (QED) is 0.878. The maximum absolute atomic E-state index is 12.5. The third-order valence-electron chi connectivity index (χ3n) is 2.62. The molecule has 1 rings (SSSR count). The topological polar surface area (TPSA) is 51.2 Å². The molecule has 0 saturated carbocycles. The van der Waals surface area contributed by atoms with Crippen molar-refractivity contribution in [3.05, 3.63) is 16.1 Å². The second kappa shape index (κ2) is 7.03. The van der Waals surface area contributed by atoms with E-state index in [-0.39, 0.29) is 10.9 Å². The van der Waals surface area contributed by atoms with E-state index >= 15 is 0 Å². The number of thiazole rings is 1. The Morgan fingerprint density at radius 2 is 2.15 bits per heavy atom. The second-order valence-corrected chi connectivity index (χ2v) is 5.03. The summed E-state index contributed by atoms with van der Waals surface area (Å²) in [5, 5.41) is 3.85. The van der Waals surface area contributed by atoms with Crippen LogP contribution in [0.4, 0.5) is 13.2 Å². The lowest BCUT2D eigenvalue weighted by Crippen LogP contribution is -2.37. The van der Waals surface area contributed by atoms with Gasteiger partial charge in [0, 0.05) is 12.0 Å². The number of rotatable bonds is 6. The van der Waals surface area contributed by atoms with E-state index in [2.05, 4.69) is 10.3 Å². The van der Waals surface area contributed by atoms with E-state index in [0.29, 0.717) is 13.0 Å². The number of ether oxygens (including phenoxy) is 1. The number of nitrogens with one attached hydrogen (secondary N) is 1. The third-order valence-corrected chi connectivity index (χ3v) is 3.58. The molecule has 8 heteroatoms. The molecule has 0 fully saturated rings. The van der Waals surface area contributed by atoms with Crippen LogP contribution in [0.25, 0.3) is 0 Å². The van der Waals surface area contributed by atoms with E-state index in [1.807, 2.05) is 0 Å². The lowest BCUT2D eigenvalue weighted by Gasteiger charge is -2.18. The summed E-state index contributed by atoms with van der Waals surface area (Å²) in [6, 6.07) is -0.536. The van der Waals surface area contributed by atoms with Crippen molar-refractivity contribution in [3.8, 4) is 0 Å². The highest BCUT2D eigenvalue weighted by Gasteiger charge is 2.34. The molecule has 0 aliphatic heterocycles. The summed E-state index contributed by atoms with van der Waals surface area (Å²) in [5.41, 5.74) is -0.928. The fourth-order valence-electron chi connectivity index (χ4n) is 1.53. The molecule has 2 atom stereocenters. The number of carbonyl (C=O) groups is 1. The number of hydrogen-bond donors (Lipinski definition) is 1. The SMILES string of the molecule is CCO[C@H](C)C(=O)N[C@@H](CC)c1nc(C(F)(F)F)cs1. The molecule has 0 radical (unpaired) electrons. The molecule has 0 aliphatic carbocycles. The minimum atomic E-state index is -4.46. The molecule has 114 valence electrons. The summed E-state index contributed by atoms with van der Waals surface area (Å²) in [7, 11) is 0. The molecule has 1 heterocycles. The molecule has 1 aromatic heterocycles. The van der Waals surface area contributed by atoms with Gasteiger partial charge in [-0.25, -0.2) is 4.98 Å². The van der Waals surface area contributed by atoms with Gasteiger partial charge in [-0.3, -0.25) is 4.79 Å². The van der Waals surface area contributed by atoms with Gasteiger partial charge >= 0.3 is 6.18 Å². The molecule has 1 aromatic rings. The van der Waals surface area contributed by atoms with Crippen molar-refractivity contribution in [2.24, 2.45) is 0 Å². The standard InChI is InChI=1S/C12H17F3N2O2S/c1-4-8(16-10(18)7(3)19-5-2)11-17-9(6-20-11)12(13,14)15/h6-8H,4-5H2,1-3H3,(H,16,18)/t7-,8+/m1/s1. The Labute approximate surface area is 119 Å². The lowest BCUT2D eigenvalue weighted by atomic mass is 10.2. The van der Waals surface area contributed by atoms with Crippen molar-refractivity contribution in [1.82, 2.24) is 10.3 Å². The van der Waals surface area contributed by atoms with Crippen LogP contribution in [-0.2, 0) is 15.7 Å². The van der Waals surface area contributed by atoms with Crippen molar-refractivity contribution < 1.29 is 22.7 Å². The zero-order chi connectivity index (χ0) is 15.3.